The maximum Gasteiger partial charge on any atom is 0.279 e. The maximum absolute atomic E-state index is 11.6. The van der Waals surface area contributed by atoms with Crippen molar-refractivity contribution in [3.63, 3.8) is 0 Å². The van der Waals surface area contributed by atoms with Crippen LogP contribution in [0.3, 0.4) is 0 Å². The van der Waals surface area contributed by atoms with E-state index in [-0.39, 0.29) is 5.91 Å². The first-order valence-electron chi connectivity index (χ1n) is 5.66. The van der Waals surface area contributed by atoms with Crippen LogP contribution in [-0.2, 0) is 0 Å². The third kappa shape index (κ3) is 3.67. The third-order valence-corrected chi connectivity index (χ3v) is 3.81. The highest BCUT2D eigenvalue weighted by molar-refractivity contribution is 7.80. The first kappa shape index (κ1) is 12.3. The van der Waals surface area contributed by atoms with Crippen LogP contribution in [0.25, 0.3) is 0 Å². The fourth-order valence-electron chi connectivity index (χ4n) is 1.87. The van der Waals surface area contributed by atoms with Crippen molar-refractivity contribution < 1.29 is 4.79 Å². The Morgan fingerprint density at radius 2 is 2.12 bits per heavy atom. The van der Waals surface area contributed by atoms with E-state index < -0.39 is 0 Å². The van der Waals surface area contributed by atoms with Gasteiger partial charge in [0, 0.05) is 6.04 Å². The molecule has 0 atom stereocenters. The Balaban J connectivity index is 1.70. The van der Waals surface area contributed by atoms with Gasteiger partial charge in [-0.15, -0.1) is 11.3 Å². The van der Waals surface area contributed by atoms with Gasteiger partial charge in [-0.05, 0) is 36.5 Å². The van der Waals surface area contributed by atoms with E-state index in [2.05, 4.69) is 16.2 Å². The Kier molecular flexibility index (Phi) is 4.33. The molecule has 0 radical (unpaired) electrons. The summed E-state index contributed by atoms with van der Waals surface area (Å²) in [6.45, 7) is 0. The Labute approximate surface area is 110 Å². The van der Waals surface area contributed by atoms with E-state index in [0.29, 0.717) is 16.0 Å². The van der Waals surface area contributed by atoms with Crippen molar-refractivity contribution in [2.24, 2.45) is 0 Å². The molecule has 1 fully saturated rings. The van der Waals surface area contributed by atoms with Crippen LogP contribution in [-0.4, -0.2) is 17.1 Å². The van der Waals surface area contributed by atoms with Crippen molar-refractivity contribution in [2.45, 2.75) is 31.7 Å². The zero-order chi connectivity index (χ0) is 12.1. The van der Waals surface area contributed by atoms with Gasteiger partial charge in [-0.25, -0.2) is 0 Å². The maximum atomic E-state index is 11.6. The summed E-state index contributed by atoms with van der Waals surface area (Å²) in [5, 5.41) is 5.54. The van der Waals surface area contributed by atoms with Gasteiger partial charge >= 0.3 is 0 Å². The van der Waals surface area contributed by atoms with Crippen molar-refractivity contribution in [2.75, 3.05) is 0 Å². The summed E-state index contributed by atoms with van der Waals surface area (Å²) in [4.78, 5) is 12.3. The van der Waals surface area contributed by atoms with Gasteiger partial charge in [0.25, 0.3) is 5.91 Å². The minimum Gasteiger partial charge on any atom is -0.359 e. The fourth-order valence-corrected chi connectivity index (χ4v) is 2.71. The van der Waals surface area contributed by atoms with Crippen molar-refractivity contribution in [1.82, 2.24) is 16.2 Å². The summed E-state index contributed by atoms with van der Waals surface area (Å²) < 4.78 is 0. The van der Waals surface area contributed by atoms with Gasteiger partial charge in [0.1, 0.15) is 0 Å². The molecule has 17 heavy (non-hydrogen) atoms. The lowest BCUT2D eigenvalue weighted by atomic mass is 10.3. The molecule has 1 saturated carbocycles. The molecule has 0 aromatic carbocycles. The highest BCUT2D eigenvalue weighted by Crippen LogP contribution is 2.17. The number of thiocarbonyl (C=S) groups is 1. The van der Waals surface area contributed by atoms with Crippen molar-refractivity contribution >= 4 is 34.6 Å². The van der Waals surface area contributed by atoms with Gasteiger partial charge in [0.2, 0.25) is 0 Å². The number of carbonyl (C=O) groups excluding carboxylic acids is 1. The minimum absolute atomic E-state index is 0.157. The SMILES string of the molecule is O=C(NNC(=S)NC1CCCC1)c1cccs1. The minimum atomic E-state index is -0.157. The number of rotatable bonds is 2. The summed E-state index contributed by atoms with van der Waals surface area (Å²) in [5.74, 6) is -0.157. The molecular formula is C11H15N3OS2. The number of hydrogen-bond donors (Lipinski definition) is 3. The number of carbonyl (C=O) groups is 1. The Morgan fingerprint density at radius 3 is 2.76 bits per heavy atom. The molecule has 1 aromatic rings. The van der Waals surface area contributed by atoms with E-state index in [1.807, 2.05) is 11.4 Å². The van der Waals surface area contributed by atoms with Gasteiger partial charge in [-0.2, -0.15) is 0 Å². The molecule has 0 aliphatic heterocycles. The first-order valence-corrected chi connectivity index (χ1v) is 6.95. The monoisotopic (exact) mass is 269 g/mol. The normalized spacial score (nSPS) is 15.5. The van der Waals surface area contributed by atoms with Crippen molar-refractivity contribution in [3.8, 4) is 0 Å². The van der Waals surface area contributed by atoms with E-state index in [1.54, 1.807) is 6.07 Å². The summed E-state index contributed by atoms with van der Waals surface area (Å²) in [7, 11) is 0. The Morgan fingerprint density at radius 1 is 1.35 bits per heavy atom. The van der Waals surface area contributed by atoms with E-state index in [0.717, 1.165) is 12.8 Å². The van der Waals surface area contributed by atoms with Crippen LogP contribution in [0.2, 0.25) is 0 Å². The number of hydrazine groups is 1. The van der Waals surface area contributed by atoms with Crippen LogP contribution in [0.1, 0.15) is 35.4 Å². The predicted octanol–water partition coefficient (Wildman–Crippen LogP) is 1.80. The molecule has 4 nitrogen and oxygen atoms in total. The van der Waals surface area contributed by atoms with Crippen LogP contribution in [0.15, 0.2) is 17.5 Å². The Hall–Kier alpha value is -1.14. The standard InChI is InChI=1S/C11H15N3OS2/c15-10(9-6-3-7-17-9)13-14-11(16)12-8-4-1-2-5-8/h3,6-8H,1-2,4-5H2,(H,13,15)(H2,12,14,16). The second kappa shape index (κ2) is 5.97. The molecular weight excluding hydrogens is 254 g/mol. The molecule has 1 amide bonds. The average molecular weight is 269 g/mol. The van der Waals surface area contributed by atoms with Crippen molar-refractivity contribution in [1.29, 1.82) is 0 Å². The average Bonchev–Trinajstić information content (AvgIpc) is 2.97. The second-order valence-corrected chi connectivity index (χ2v) is 5.37. The lowest BCUT2D eigenvalue weighted by Gasteiger charge is -2.15. The topological polar surface area (TPSA) is 53.2 Å². The van der Waals surface area contributed by atoms with Crippen LogP contribution in [0.4, 0.5) is 0 Å². The highest BCUT2D eigenvalue weighted by Gasteiger charge is 2.15. The van der Waals surface area contributed by atoms with Gasteiger partial charge in [-0.3, -0.25) is 15.6 Å². The second-order valence-electron chi connectivity index (χ2n) is 4.01. The molecule has 3 N–H and O–H groups in total. The lowest BCUT2D eigenvalue weighted by molar-refractivity contribution is 0.0947. The van der Waals surface area contributed by atoms with E-state index in [1.165, 1.54) is 24.2 Å². The molecule has 0 unspecified atom stereocenters. The zero-order valence-electron chi connectivity index (χ0n) is 9.36. The molecule has 0 spiro atoms. The number of nitrogens with one attached hydrogen (secondary N) is 3. The van der Waals surface area contributed by atoms with Gasteiger partial charge in [0.05, 0.1) is 4.88 Å². The predicted molar refractivity (Wildman–Crippen MR) is 72.9 cm³/mol. The molecule has 1 aromatic heterocycles. The van der Waals surface area contributed by atoms with Gasteiger partial charge in [0.15, 0.2) is 5.11 Å². The highest BCUT2D eigenvalue weighted by atomic mass is 32.1. The molecule has 0 saturated heterocycles. The van der Waals surface area contributed by atoms with E-state index >= 15 is 0 Å². The summed E-state index contributed by atoms with van der Waals surface area (Å²) >= 11 is 6.50. The first-order chi connectivity index (χ1) is 8.25. The molecule has 2 rings (SSSR count). The van der Waals surface area contributed by atoms with Crippen LogP contribution >= 0.6 is 23.6 Å². The van der Waals surface area contributed by atoms with Crippen LogP contribution in [0, 0.1) is 0 Å². The largest absolute Gasteiger partial charge is 0.359 e. The molecule has 1 aliphatic carbocycles. The number of thiophene rings is 1. The van der Waals surface area contributed by atoms with Gasteiger partial charge in [-0.1, -0.05) is 18.9 Å². The molecule has 0 bridgehead atoms. The van der Waals surface area contributed by atoms with Crippen LogP contribution in [0.5, 0.6) is 0 Å². The molecule has 92 valence electrons. The van der Waals surface area contributed by atoms with Crippen molar-refractivity contribution in [3.05, 3.63) is 22.4 Å². The quantitative estimate of drug-likeness (QED) is 0.566. The van der Waals surface area contributed by atoms with E-state index in [9.17, 15) is 4.79 Å². The molecule has 6 heteroatoms. The number of hydrogen-bond acceptors (Lipinski definition) is 3. The Bertz CT molecular complexity index is 385. The summed E-state index contributed by atoms with van der Waals surface area (Å²) in [6.07, 6.45) is 4.81. The lowest BCUT2D eigenvalue weighted by Crippen LogP contribution is -2.49. The third-order valence-electron chi connectivity index (χ3n) is 2.72. The smallest absolute Gasteiger partial charge is 0.279 e. The van der Waals surface area contributed by atoms with Crippen LogP contribution < -0.4 is 16.2 Å². The van der Waals surface area contributed by atoms with E-state index in [4.69, 9.17) is 12.2 Å². The molecule has 1 aliphatic rings. The van der Waals surface area contributed by atoms with Gasteiger partial charge < -0.3 is 5.32 Å². The number of amides is 1. The molecule has 1 heterocycles. The fraction of sp³-hybridized carbons (Fsp3) is 0.455. The summed E-state index contributed by atoms with van der Waals surface area (Å²) in [5.41, 5.74) is 5.30. The zero-order valence-corrected chi connectivity index (χ0v) is 11.0. The summed E-state index contributed by atoms with van der Waals surface area (Å²) in [6, 6.07) is 4.07.